The van der Waals surface area contributed by atoms with Crippen molar-refractivity contribution in [3.05, 3.63) is 0 Å². The number of rotatable bonds is 10. The zero-order valence-corrected chi connectivity index (χ0v) is 11.9. The molecule has 0 aliphatic rings. The van der Waals surface area contributed by atoms with Gasteiger partial charge in [-0.15, -0.1) is 0 Å². The molecule has 0 saturated heterocycles. The maximum atomic E-state index is 5.30. The molecule has 0 radical (unpaired) electrons. The topological polar surface area (TPSA) is 21.3 Å². The Morgan fingerprint density at radius 1 is 1.00 bits per heavy atom. The van der Waals surface area contributed by atoms with Crippen LogP contribution in [0.15, 0.2) is 0 Å². The zero-order valence-electron chi connectivity index (χ0n) is 11.9. The molecule has 16 heavy (non-hydrogen) atoms. The van der Waals surface area contributed by atoms with E-state index in [-0.39, 0.29) is 0 Å². The van der Waals surface area contributed by atoms with Gasteiger partial charge in [0.1, 0.15) is 0 Å². The van der Waals surface area contributed by atoms with Gasteiger partial charge in [0.2, 0.25) is 0 Å². The van der Waals surface area contributed by atoms with E-state index in [1.807, 2.05) is 0 Å². The maximum absolute atomic E-state index is 5.30. The van der Waals surface area contributed by atoms with Crippen molar-refractivity contribution < 1.29 is 4.74 Å². The Hall–Kier alpha value is -0.0800. The maximum Gasteiger partial charge on any atom is 0.0543 e. The minimum Gasteiger partial charge on any atom is -0.382 e. The fraction of sp³-hybridized carbons (Fsp3) is 1.00. The van der Waals surface area contributed by atoms with Crippen molar-refractivity contribution in [3.8, 4) is 0 Å². The van der Waals surface area contributed by atoms with Gasteiger partial charge in [0.15, 0.2) is 0 Å². The lowest BCUT2D eigenvalue weighted by Gasteiger charge is -2.21. The fourth-order valence-electron chi connectivity index (χ4n) is 1.79. The van der Waals surface area contributed by atoms with Gasteiger partial charge in [-0.2, -0.15) is 0 Å². The summed E-state index contributed by atoms with van der Waals surface area (Å²) < 4.78 is 5.30. The van der Waals surface area contributed by atoms with Gasteiger partial charge in [0.05, 0.1) is 6.10 Å². The summed E-state index contributed by atoms with van der Waals surface area (Å²) in [5.74, 6) is 0.811. The first-order valence-electron chi connectivity index (χ1n) is 6.86. The second-order valence-corrected chi connectivity index (χ2v) is 5.25. The van der Waals surface area contributed by atoms with Crippen molar-refractivity contribution in [2.45, 2.75) is 71.9 Å². The minimum atomic E-state index is 0.393. The standard InChI is InChI=1S/C14H31NO/c1-6-11-15-14(9-7-12(2)3)10-8-13(4)16-5/h12-15H,6-11H2,1-5H3. The van der Waals surface area contributed by atoms with Gasteiger partial charge in [0.25, 0.3) is 0 Å². The molecule has 0 rings (SSSR count). The van der Waals surface area contributed by atoms with E-state index < -0.39 is 0 Å². The molecule has 0 heterocycles. The third-order valence-corrected chi connectivity index (χ3v) is 3.10. The zero-order chi connectivity index (χ0) is 12.4. The molecule has 2 heteroatoms. The van der Waals surface area contributed by atoms with Gasteiger partial charge in [0, 0.05) is 13.2 Å². The van der Waals surface area contributed by atoms with Crippen molar-refractivity contribution in [1.29, 1.82) is 0 Å². The SMILES string of the molecule is CCCNC(CCC(C)C)CCC(C)OC. The second kappa shape index (κ2) is 10.1. The van der Waals surface area contributed by atoms with Crippen molar-refractivity contribution in [2.24, 2.45) is 5.92 Å². The summed E-state index contributed by atoms with van der Waals surface area (Å²) in [4.78, 5) is 0. The molecular formula is C14H31NO. The molecule has 98 valence electrons. The summed E-state index contributed by atoms with van der Waals surface area (Å²) in [6.45, 7) is 10.1. The lowest BCUT2D eigenvalue weighted by Crippen LogP contribution is -2.31. The monoisotopic (exact) mass is 229 g/mol. The van der Waals surface area contributed by atoms with Gasteiger partial charge in [-0.05, 0) is 51.5 Å². The molecule has 0 bridgehead atoms. The third-order valence-electron chi connectivity index (χ3n) is 3.10. The second-order valence-electron chi connectivity index (χ2n) is 5.25. The Labute approximate surface area is 102 Å². The number of methoxy groups -OCH3 is 1. The number of nitrogens with one attached hydrogen (secondary N) is 1. The molecule has 2 nitrogen and oxygen atoms in total. The molecule has 0 aliphatic carbocycles. The summed E-state index contributed by atoms with van der Waals surface area (Å²) in [6, 6.07) is 0.681. The van der Waals surface area contributed by atoms with Crippen LogP contribution in [-0.2, 0) is 4.74 Å². The van der Waals surface area contributed by atoms with Crippen LogP contribution in [0.1, 0.15) is 59.8 Å². The molecule has 0 saturated carbocycles. The summed E-state index contributed by atoms with van der Waals surface area (Å²) >= 11 is 0. The molecule has 0 aromatic carbocycles. The van der Waals surface area contributed by atoms with E-state index in [2.05, 4.69) is 33.0 Å². The normalized spacial score (nSPS) is 15.4. The quantitative estimate of drug-likeness (QED) is 0.618. The van der Waals surface area contributed by atoms with Gasteiger partial charge < -0.3 is 10.1 Å². The first-order valence-corrected chi connectivity index (χ1v) is 6.86. The molecule has 1 N–H and O–H groups in total. The Morgan fingerprint density at radius 3 is 2.12 bits per heavy atom. The molecule has 0 aromatic rings. The van der Waals surface area contributed by atoms with E-state index in [0.29, 0.717) is 12.1 Å². The lowest BCUT2D eigenvalue weighted by molar-refractivity contribution is 0.105. The highest BCUT2D eigenvalue weighted by molar-refractivity contribution is 4.69. The van der Waals surface area contributed by atoms with Gasteiger partial charge in [-0.3, -0.25) is 0 Å². The Morgan fingerprint density at radius 2 is 1.62 bits per heavy atom. The lowest BCUT2D eigenvalue weighted by atomic mass is 9.99. The Bertz CT molecular complexity index is 148. The molecule has 2 unspecified atom stereocenters. The third kappa shape index (κ3) is 9.17. The molecule has 0 fully saturated rings. The summed E-state index contributed by atoms with van der Waals surface area (Å²) in [7, 11) is 1.80. The molecule has 0 spiro atoms. The average molecular weight is 229 g/mol. The first-order chi connectivity index (χ1) is 7.60. The van der Waals surface area contributed by atoms with Crippen LogP contribution in [0.4, 0.5) is 0 Å². The van der Waals surface area contributed by atoms with E-state index in [1.165, 1.54) is 25.7 Å². The smallest absolute Gasteiger partial charge is 0.0543 e. The van der Waals surface area contributed by atoms with Crippen LogP contribution in [0.5, 0.6) is 0 Å². The first kappa shape index (κ1) is 15.9. The van der Waals surface area contributed by atoms with Crippen LogP contribution in [0.3, 0.4) is 0 Å². The molecule has 0 aliphatic heterocycles. The van der Waals surface area contributed by atoms with Crippen LogP contribution in [0, 0.1) is 5.92 Å². The Balaban J connectivity index is 3.80. The highest BCUT2D eigenvalue weighted by atomic mass is 16.5. The Kier molecular flexibility index (Phi) is 10.0. The summed E-state index contributed by atoms with van der Waals surface area (Å²) in [6.07, 6.45) is 6.64. The van der Waals surface area contributed by atoms with E-state index in [0.717, 1.165) is 18.9 Å². The molecule has 0 aromatic heterocycles. The van der Waals surface area contributed by atoms with Crippen molar-refractivity contribution in [1.82, 2.24) is 5.32 Å². The largest absolute Gasteiger partial charge is 0.382 e. The van der Waals surface area contributed by atoms with E-state index >= 15 is 0 Å². The van der Waals surface area contributed by atoms with Crippen LogP contribution in [0.25, 0.3) is 0 Å². The highest BCUT2D eigenvalue weighted by Crippen LogP contribution is 2.12. The molecular weight excluding hydrogens is 198 g/mol. The van der Waals surface area contributed by atoms with Gasteiger partial charge >= 0.3 is 0 Å². The van der Waals surface area contributed by atoms with Crippen molar-refractivity contribution in [3.63, 3.8) is 0 Å². The average Bonchev–Trinajstić information content (AvgIpc) is 2.27. The molecule has 2 atom stereocenters. The fourth-order valence-corrected chi connectivity index (χ4v) is 1.79. The highest BCUT2D eigenvalue weighted by Gasteiger charge is 2.10. The van der Waals surface area contributed by atoms with Crippen LogP contribution < -0.4 is 5.32 Å². The number of hydrogen-bond acceptors (Lipinski definition) is 2. The molecule has 0 amide bonds. The predicted octanol–water partition coefficient (Wildman–Crippen LogP) is 3.61. The van der Waals surface area contributed by atoms with Crippen LogP contribution in [0.2, 0.25) is 0 Å². The van der Waals surface area contributed by atoms with Gasteiger partial charge in [-0.1, -0.05) is 20.8 Å². The van der Waals surface area contributed by atoms with Crippen molar-refractivity contribution >= 4 is 0 Å². The van der Waals surface area contributed by atoms with Crippen LogP contribution >= 0.6 is 0 Å². The summed E-state index contributed by atoms with van der Waals surface area (Å²) in [5.41, 5.74) is 0. The van der Waals surface area contributed by atoms with Crippen LogP contribution in [-0.4, -0.2) is 25.8 Å². The van der Waals surface area contributed by atoms with E-state index in [4.69, 9.17) is 4.74 Å². The minimum absolute atomic E-state index is 0.393. The van der Waals surface area contributed by atoms with Crippen molar-refractivity contribution in [2.75, 3.05) is 13.7 Å². The van der Waals surface area contributed by atoms with Gasteiger partial charge in [-0.25, -0.2) is 0 Å². The summed E-state index contributed by atoms with van der Waals surface area (Å²) in [5, 5.41) is 3.65. The van der Waals surface area contributed by atoms with E-state index in [9.17, 15) is 0 Å². The number of ether oxygens (including phenoxy) is 1. The number of hydrogen-bond donors (Lipinski definition) is 1. The van der Waals surface area contributed by atoms with E-state index in [1.54, 1.807) is 7.11 Å². The predicted molar refractivity (Wildman–Crippen MR) is 71.9 cm³/mol.